The van der Waals surface area contributed by atoms with E-state index in [1.54, 1.807) is 54.6 Å². The Kier molecular flexibility index (Phi) is 7.45. The normalized spacial score (nSPS) is 10.8. The highest BCUT2D eigenvalue weighted by atomic mass is 35.5. The van der Waals surface area contributed by atoms with Crippen LogP contribution in [0.2, 0.25) is 10.0 Å². The molecule has 0 unspecified atom stereocenters. The summed E-state index contributed by atoms with van der Waals surface area (Å²) in [7, 11) is 0. The molecule has 0 aliphatic rings. The number of benzene rings is 3. The average Bonchev–Trinajstić information content (AvgIpc) is 2.78. The lowest BCUT2D eigenvalue weighted by molar-refractivity contribution is -0.384. The molecule has 0 heterocycles. The predicted octanol–water partition coefficient (Wildman–Crippen LogP) is 6.03. The van der Waals surface area contributed by atoms with E-state index in [4.69, 9.17) is 27.9 Å². The zero-order chi connectivity index (χ0) is 23.1. The van der Waals surface area contributed by atoms with Crippen molar-refractivity contribution in [3.8, 4) is 11.8 Å². The lowest BCUT2D eigenvalue weighted by Gasteiger charge is -2.09. The maximum Gasteiger partial charge on any atom is 0.269 e. The van der Waals surface area contributed by atoms with Gasteiger partial charge in [0.2, 0.25) is 0 Å². The number of hydrogen-bond acceptors (Lipinski definition) is 5. The summed E-state index contributed by atoms with van der Waals surface area (Å²) in [5.74, 6) is -0.253. The molecule has 0 saturated heterocycles. The van der Waals surface area contributed by atoms with E-state index in [-0.39, 0.29) is 22.9 Å². The first-order valence-corrected chi connectivity index (χ1v) is 9.96. The number of nitrogens with zero attached hydrogens (tertiary/aromatic N) is 2. The molecule has 0 aromatic heterocycles. The van der Waals surface area contributed by atoms with Gasteiger partial charge in [0.25, 0.3) is 11.6 Å². The third-order valence-corrected chi connectivity index (χ3v) is 4.89. The molecule has 0 spiro atoms. The minimum Gasteiger partial charge on any atom is -0.487 e. The first-order valence-electron chi connectivity index (χ1n) is 9.20. The molecule has 9 heteroatoms. The molecule has 0 saturated carbocycles. The van der Waals surface area contributed by atoms with E-state index in [0.29, 0.717) is 27.6 Å². The Morgan fingerprint density at radius 3 is 2.56 bits per heavy atom. The average molecular weight is 468 g/mol. The molecule has 0 radical (unpaired) electrons. The van der Waals surface area contributed by atoms with Crippen LogP contribution in [-0.2, 0) is 11.4 Å². The van der Waals surface area contributed by atoms with Crippen LogP contribution in [0.25, 0.3) is 6.08 Å². The van der Waals surface area contributed by atoms with Crippen molar-refractivity contribution < 1.29 is 14.5 Å². The van der Waals surface area contributed by atoms with Gasteiger partial charge in [0.15, 0.2) is 0 Å². The zero-order valence-electron chi connectivity index (χ0n) is 16.4. The molecule has 0 aliphatic heterocycles. The third-order valence-electron chi connectivity index (χ3n) is 4.27. The van der Waals surface area contributed by atoms with Crippen LogP contribution in [0.5, 0.6) is 5.75 Å². The topological polar surface area (TPSA) is 105 Å². The van der Waals surface area contributed by atoms with Gasteiger partial charge in [-0.2, -0.15) is 5.26 Å². The Labute approximate surface area is 193 Å². The van der Waals surface area contributed by atoms with Crippen molar-refractivity contribution in [3.05, 3.63) is 104 Å². The second-order valence-corrected chi connectivity index (χ2v) is 7.32. The van der Waals surface area contributed by atoms with Crippen molar-refractivity contribution >= 4 is 46.6 Å². The first-order chi connectivity index (χ1) is 15.4. The SMILES string of the molecule is N#C/C(=C\c1ccc(OCc2cccc([N+](=O)[O-])c2)c(Cl)c1)C(=O)Nc1ccccc1Cl. The lowest BCUT2D eigenvalue weighted by Crippen LogP contribution is -2.13. The number of amides is 1. The second kappa shape index (κ2) is 10.4. The van der Waals surface area contributed by atoms with Gasteiger partial charge in [-0.15, -0.1) is 0 Å². The number of nitro groups is 1. The minimum atomic E-state index is -0.609. The highest BCUT2D eigenvalue weighted by molar-refractivity contribution is 6.34. The van der Waals surface area contributed by atoms with Crippen LogP contribution in [0, 0.1) is 21.4 Å². The highest BCUT2D eigenvalue weighted by Crippen LogP contribution is 2.28. The van der Waals surface area contributed by atoms with E-state index in [0.717, 1.165) is 0 Å². The van der Waals surface area contributed by atoms with E-state index in [1.165, 1.54) is 18.2 Å². The van der Waals surface area contributed by atoms with E-state index >= 15 is 0 Å². The maximum absolute atomic E-state index is 12.4. The second-order valence-electron chi connectivity index (χ2n) is 6.51. The van der Waals surface area contributed by atoms with Crippen molar-refractivity contribution in [2.75, 3.05) is 5.32 Å². The molecule has 0 fully saturated rings. The number of carbonyl (C=O) groups excluding carboxylic acids is 1. The Balaban J connectivity index is 1.72. The van der Waals surface area contributed by atoms with Crippen molar-refractivity contribution in [3.63, 3.8) is 0 Å². The summed E-state index contributed by atoms with van der Waals surface area (Å²) >= 11 is 12.3. The monoisotopic (exact) mass is 467 g/mol. The standard InChI is InChI=1S/C23H15Cl2N3O4/c24-19-6-1-2-7-21(19)27-23(29)17(13-26)10-15-8-9-22(20(25)12-15)32-14-16-4-3-5-18(11-16)28(30)31/h1-12H,14H2,(H,27,29)/b17-10+. The molecule has 0 atom stereocenters. The highest BCUT2D eigenvalue weighted by Gasteiger charge is 2.12. The number of hydrogen-bond donors (Lipinski definition) is 1. The number of para-hydroxylation sites is 1. The number of nitriles is 1. The molecule has 1 amide bonds. The summed E-state index contributed by atoms with van der Waals surface area (Å²) in [4.78, 5) is 22.8. The fourth-order valence-corrected chi connectivity index (χ4v) is 3.14. The van der Waals surface area contributed by atoms with Crippen molar-refractivity contribution in [2.24, 2.45) is 0 Å². The predicted molar refractivity (Wildman–Crippen MR) is 123 cm³/mol. The van der Waals surface area contributed by atoms with Crippen LogP contribution in [-0.4, -0.2) is 10.8 Å². The van der Waals surface area contributed by atoms with Gasteiger partial charge >= 0.3 is 0 Å². The number of non-ortho nitro benzene ring substituents is 1. The summed E-state index contributed by atoms with van der Waals surface area (Å²) in [6, 6.07) is 19.4. The van der Waals surface area contributed by atoms with Gasteiger partial charge < -0.3 is 10.1 Å². The summed E-state index contributed by atoms with van der Waals surface area (Å²) in [5, 5.41) is 23.5. The fraction of sp³-hybridized carbons (Fsp3) is 0.0435. The van der Waals surface area contributed by atoms with E-state index < -0.39 is 10.8 Å². The van der Waals surface area contributed by atoms with E-state index in [9.17, 15) is 20.2 Å². The zero-order valence-corrected chi connectivity index (χ0v) is 17.9. The molecular weight excluding hydrogens is 453 g/mol. The lowest BCUT2D eigenvalue weighted by atomic mass is 10.1. The number of nitrogens with one attached hydrogen (secondary N) is 1. The van der Waals surface area contributed by atoms with E-state index in [1.807, 2.05) is 6.07 Å². The number of halogens is 2. The van der Waals surface area contributed by atoms with Gasteiger partial charge in [-0.25, -0.2) is 0 Å². The molecule has 1 N–H and O–H groups in total. The Morgan fingerprint density at radius 1 is 1.09 bits per heavy atom. The number of anilines is 1. The number of nitro benzene ring substituents is 1. The van der Waals surface area contributed by atoms with E-state index in [2.05, 4.69) is 5.32 Å². The van der Waals surface area contributed by atoms with Gasteiger partial charge in [-0.05, 0) is 41.5 Å². The van der Waals surface area contributed by atoms with Gasteiger partial charge in [0.05, 0.1) is 20.7 Å². The summed E-state index contributed by atoms with van der Waals surface area (Å²) in [5.41, 5.74) is 1.36. The Bertz CT molecular complexity index is 1250. The molecule has 0 aliphatic carbocycles. The van der Waals surface area contributed by atoms with Crippen molar-refractivity contribution in [1.82, 2.24) is 0 Å². The fourth-order valence-electron chi connectivity index (χ4n) is 2.71. The molecular formula is C23H15Cl2N3O4. The minimum absolute atomic E-state index is 0.0308. The van der Waals surface area contributed by atoms with Crippen LogP contribution in [0.4, 0.5) is 11.4 Å². The molecule has 3 rings (SSSR count). The molecule has 32 heavy (non-hydrogen) atoms. The number of ether oxygens (including phenoxy) is 1. The Morgan fingerprint density at radius 2 is 1.88 bits per heavy atom. The summed E-state index contributed by atoms with van der Waals surface area (Å²) < 4.78 is 5.65. The number of carbonyl (C=O) groups is 1. The maximum atomic E-state index is 12.4. The van der Waals surface area contributed by atoms with Gasteiger partial charge in [-0.3, -0.25) is 14.9 Å². The van der Waals surface area contributed by atoms with Gasteiger partial charge in [0, 0.05) is 12.1 Å². The first kappa shape index (κ1) is 22.8. The van der Waals surface area contributed by atoms with Crippen molar-refractivity contribution in [1.29, 1.82) is 5.26 Å². The molecule has 0 bridgehead atoms. The molecule has 3 aromatic carbocycles. The summed E-state index contributed by atoms with van der Waals surface area (Å²) in [6.07, 6.45) is 1.39. The quantitative estimate of drug-likeness (QED) is 0.197. The van der Waals surface area contributed by atoms with Crippen molar-refractivity contribution in [2.45, 2.75) is 6.61 Å². The smallest absolute Gasteiger partial charge is 0.269 e. The molecule has 160 valence electrons. The Hall–Kier alpha value is -3.86. The van der Waals surface area contributed by atoms with Gasteiger partial charge in [0.1, 0.15) is 24.0 Å². The van der Waals surface area contributed by atoms with Crippen LogP contribution < -0.4 is 10.1 Å². The van der Waals surface area contributed by atoms with Gasteiger partial charge in [-0.1, -0.05) is 53.5 Å². The van der Waals surface area contributed by atoms with Crippen LogP contribution in [0.15, 0.2) is 72.3 Å². The largest absolute Gasteiger partial charge is 0.487 e. The third kappa shape index (κ3) is 5.85. The van der Waals surface area contributed by atoms with Crippen LogP contribution in [0.3, 0.4) is 0 Å². The molecule has 7 nitrogen and oxygen atoms in total. The summed E-state index contributed by atoms with van der Waals surface area (Å²) in [6.45, 7) is 0.0836. The van der Waals surface area contributed by atoms with Crippen LogP contribution >= 0.6 is 23.2 Å². The number of rotatable bonds is 7. The van der Waals surface area contributed by atoms with Crippen LogP contribution in [0.1, 0.15) is 11.1 Å². The molecule has 3 aromatic rings.